The Morgan fingerprint density at radius 2 is 1.62 bits per heavy atom. The Morgan fingerprint density at radius 3 is 2.20 bits per heavy atom. The summed E-state index contributed by atoms with van der Waals surface area (Å²) in [6.45, 7) is 15.8. The molecule has 0 spiro atoms. The van der Waals surface area contributed by atoms with Crippen LogP contribution in [0.4, 0.5) is 0 Å². The molecule has 0 unspecified atom stereocenters. The Labute approximate surface area is 277 Å². The van der Waals surface area contributed by atoms with Gasteiger partial charge >= 0.3 is 35.0 Å². The predicted molar refractivity (Wildman–Crippen MR) is 174 cm³/mol. The molecule has 0 saturated carbocycles. The largest absolute Gasteiger partial charge is 2.00 e. The van der Waals surface area contributed by atoms with Gasteiger partial charge in [-0.1, -0.05) is 43.9 Å². The van der Waals surface area contributed by atoms with Gasteiger partial charge in [0.25, 0.3) is 0 Å². The van der Waals surface area contributed by atoms with Crippen molar-refractivity contribution < 1.29 is 24.5 Å². The second kappa shape index (κ2) is 11.9. The number of aliphatic imine (C=N–C) groups is 3. The number of carboxylic acids is 1. The number of carboxylic acid groups (broad SMARTS) is 1. The molecule has 1 aliphatic carbocycles. The molecule has 0 aromatic carbocycles. The predicted octanol–water partition coefficient (Wildman–Crippen LogP) is 2.60. The van der Waals surface area contributed by atoms with Crippen LogP contribution in [0.1, 0.15) is 44.9 Å². The summed E-state index contributed by atoms with van der Waals surface area (Å²) in [6.07, 6.45) is 9.34. The Kier molecular flexibility index (Phi) is 8.50. The summed E-state index contributed by atoms with van der Waals surface area (Å²) < 4.78 is 5.10. The molecule has 0 fully saturated rings. The summed E-state index contributed by atoms with van der Waals surface area (Å²) in [5.74, 6) is -3.90. The fourth-order valence-corrected chi connectivity index (χ4v) is 6.71. The number of rotatable bonds is 6. The maximum atomic E-state index is 14.0. The number of aliphatic carboxylic acids is 1. The summed E-state index contributed by atoms with van der Waals surface area (Å²) >= 11 is 0. The van der Waals surface area contributed by atoms with Crippen molar-refractivity contribution in [2.75, 3.05) is 7.11 Å². The molecule has 1 N–H and O–H groups in total. The number of esters is 1. The van der Waals surface area contributed by atoms with E-state index in [2.05, 4.69) is 13.2 Å². The van der Waals surface area contributed by atoms with E-state index in [1.807, 2.05) is 39.0 Å². The van der Waals surface area contributed by atoms with Gasteiger partial charge in [0.2, 0.25) is 0 Å². The Morgan fingerprint density at radius 1 is 1.02 bits per heavy atom. The second-order valence-corrected chi connectivity index (χ2v) is 11.5. The number of hydrogen-bond donors (Lipinski definition) is 1. The number of nitrogens with zero attached hydrogens (tertiary/aromatic N) is 4. The number of ether oxygens (including phenoxy) is 1. The average Bonchev–Trinajstić information content (AvgIpc) is 3.72. The van der Waals surface area contributed by atoms with E-state index in [-0.39, 0.29) is 47.7 Å². The summed E-state index contributed by atoms with van der Waals surface area (Å²) in [5.41, 5.74) is 9.04. The van der Waals surface area contributed by atoms with Crippen LogP contribution in [0.5, 0.6) is 0 Å². The zero-order chi connectivity index (χ0) is 31.6. The van der Waals surface area contributed by atoms with E-state index < -0.39 is 23.6 Å². The molecule has 224 valence electrons. The van der Waals surface area contributed by atoms with Crippen LogP contribution in [0.2, 0.25) is 0 Å². The van der Waals surface area contributed by atoms with E-state index in [4.69, 9.17) is 24.7 Å². The quantitative estimate of drug-likeness (QED) is 0.387. The average molecular weight is 613 g/mol. The molecule has 5 heterocycles. The topological polar surface area (TPSA) is 138 Å². The van der Waals surface area contributed by atoms with Gasteiger partial charge < -0.3 is 19.9 Å². The minimum Gasteiger partial charge on any atom is -0.874 e. The molecule has 10 heteroatoms. The maximum absolute atomic E-state index is 14.0. The van der Waals surface area contributed by atoms with Crippen LogP contribution < -0.4 is 20.7 Å². The van der Waals surface area contributed by atoms with Gasteiger partial charge in [-0.2, -0.15) is 0 Å². The first-order valence-electron chi connectivity index (χ1n) is 14.5. The molecule has 3 atom stereocenters. The second-order valence-electron chi connectivity index (χ2n) is 11.5. The van der Waals surface area contributed by atoms with Crippen LogP contribution >= 0.6 is 0 Å². The number of aromatic nitrogens is 1. The van der Waals surface area contributed by atoms with Gasteiger partial charge in [-0.3, -0.25) is 14.6 Å². The molecule has 0 saturated heterocycles. The first-order chi connectivity index (χ1) is 21.0. The monoisotopic (exact) mass is 612 g/mol. The Bertz CT molecular complexity index is 1990. The minimum absolute atomic E-state index is 0. The van der Waals surface area contributed by atoms with Crippen molar-refractivity contribution in [3.63, 3.8) is 0 Å². The van der Waals surface area contributed by atoms with Crippen LogP contribution in [0.25, 0.3) is 17.4 Å². The van der Waals surface area contributed by atoms with Crippen molar-refractivity contribution >= 4 is 69.5 Å². The van der Waals surface area contributed by atoms with Crippen molar-refractivity contribution in [2.24, 2.45) is 32.7 Å². The van der Waals surface area contributed by atoms with Crippen LogP contribution in [-0.4, -0.2) is 64.3 Å². The summed E-state index contributed by atoms with van der Waals surface area (Å²) in [6, 6.07) is 0. The van der Waals surface area contributed by atoms with Crippen LogP contribution in [0.3, 0.4) is 0 Å². The maximum Gasteiger partial charge on any atom is 2.00 e. The third-order valence-electron chi connectivity index (χ3n) is 9.18. The fraction of sp³-hybridized carbons (Fsp3) is 0.286. The fourth-order valence-electron chi connectivity index (χ4n) is 6.71. The molecular weight excluding hydrogens is 581 g/mol. The Hall–Kier alpha value is -4.28. The zero-order valence-electron chi connectivity index (χ0n) is 26.0. The van der Waals surface area contributed by atoms with Crippen LogP contribution in [0, 0.1) is 24.7 Å². The number of methoxy groups -OCH3 is 1. The zero-order valence-corrected chi connectivity index (χ0v) is 27.4. The molecular formula is C35H32MgN4O5. The van der Waals surface area contributed by atoms with Gasteiger partial charge in [0.05, 0.1) is 35.8 Å². The SMILES string of the molecule is C=CC1=C(C)C2=NC1=Cc1[n-]c3c(c1C)=C([O-])[C@H](C(=O)OC)C=3C1=NC(=CC3=NC(=C2)C(C=C)=C3C)[C@@H](C)[C@@H]1CCC(=O)O.[Mg+2]. The number of allylic oxidation sites excluding steroid dienone is 7. The number of carbonyl (C=O) groups is 2. The van der Waals surface area contributed by atoms with Crippen molar-refractivity contribution in [1.82, 2.24) is 4.98 Å². The van der Waals surface area contributed by atoms with Gasteiger partial charge in [-0.25, -0.2) is 9.98 Å². The number of hydrogen-bond acceptors (Lipinski definition) is 7. The molecule has 0 radical (unpaired) electrons. The summed E-state index contributed by atoms with van der Waals surface area (Å²) in [5, 5.41) is 24.3. The van der Waals surface area contributed by atoms with E-state index in [1.165, 1.54) is 7.11 Å². The van der Waals surface area contributed by atoms with Crippen molar-refractivity contribution in [1.29, 1.82) is 0 Å². The smallest absolute Gasteiger partial charge is 0.874 e. The van der Waals surface area contributed by atoms with Gasteiger partial charge in [0.15, 0.2) is 0 Å². The van der Waals surface area contributed by atoms with E-state index in [1.54, 1.807) is 19.1 Å². The third-order valence-corrected chi connectivity index (χ3v) is 9.18. The van der Waals surface area contributed by atoms with Crippen LogP contribution in [0.15, 0.2) is 91.8 Å². The standard InChI is InChI=1S/C35H34N4O5.Mg/c1-8-19-15(3)22-12-24-17(5)21(10-11-28(40)41)32(38-24)30-31(35(43)44-7)34(42)29-18(6)25(39-33(29)30)14-27-20(9-2)16(4)23(37-27)13-26(19)36-22;/h8-9,12-14,17,21,31H,1-2,10-11H2,3-7H3,(H3,36,37,38,39,40,41,42);/q;+2/p-2/t17-,21-,31+;/m0./s1. The molecule has 8 bridgehead atoms. The number of fused-ring (bicyclic) bond motifs is 5. The molecule has 4 aliphatic heterocycles. The Balaban J connectivity index is 0.00000400. The number of carbonyl (C=O) groups excluding carboxylic acids is 1. The van der Waals surface area contributed by atoms with Gasteiger partial charge in [-0.15, -0.1) is 16.8 Å². The van der Waals surface area contributed by atoms with E-state index in [0.29, 0.717) is 55.9 Å². The van der Waals surface area contributed by atoms with Gasteiger partial charge in [0, 0.05) is 40.8 Å². The van der Waals surface area contributed by atoms with E-state index >= 15 is 0 Å². The first-order valence-corrected chi connectivity index (χ1v) is 14.5. The molecule has 1 aromatic heterocycles. The van der Waals surface area contributed by atoms with Gasteiger partial charge in [-0.05, 0) is 61.3 Å². The molecule has 9 nitrogen and oxygen atoms in total. The normalized spacial score (nSPS) is 23.2. The molecule has 5 aliphatic rings. The van der Waals surface area contributed by atoms with Crippen LogP contribution in [-0.2, 0) is 14.3 Å². The first kappa shape index (κ1) is 32.1. The van der Waals surface area contributed by atoms with Gasteiger partial charge in [0.1, 0.15) is 0 Å². The molecule has 45 heavy (non-hydrogen) atoms. The van der Waals surface area contributed by atoms with E-state index in [0.717, 1.165) is 28.0 Å². The molecule has 6 rings (SSSR count). The third kappa shape index (κ3) is 4.96. The summed E-state index contributed by atoms with van der Waals surface area (Å²) in [7, 11) is 1.24. The molecule has 1 aromatic rings. The van der Waals surface area contributed by atoms with E-state index in [9.17, 15) is 19.8 Å². The minimum atomic E-state index is -1.25. The molecule has 0 amide bonds. The summed E-state index contributed by atoms with van der Waals surface area (Å²) in [4.78, 5) is 44.7. The van der Waals surface area contributed by atoms with Crippen molar-refractivity contribution in [2.45, 2.75) is 40.5 Å². The van der Waals surface area contributed by atoms with Crippen molar-refractivity contribution in [3.8, 4) is 0 Å². The van der Waals surface area contributed by atoms with Crippen molar-refractivity contribution in [3.05, 3.63) is 98.7 Å².